The lowest BCUT2D eigenvalue weighted by Crippen LogP contribution is -2.26. The van der Waals surface area contributed by atoms with Crippen molar-refractivity contribution in [2.24, 2.45) is 0 Å². The Balaban J connectivity index is 2.23. The summed E-state index contributed by atoms with van der Waals surface area (Å²) in [6.45, 7) is 2.85. The zero-order valence-electron chi connectivity index (χ0n) is 16.6. The number of rotatable bonds is 9. The van der Waals surface area contributed by atoms with Gasteiger partial charge in [-0.25, -0.2) is 9.59 Å². The lowest BCUT2D eigenvalue weighted by Gasteiger charge is -2.23. The highest BCUT2D eigenvalue weighted by Gasteiger charge is 2.27. The molecule has 0 aromatic heterocycles. The minimum Gasteiger partial charge on any atom is -0.494 e. The van der Waals surface area contributed by atoms with Crippen LogP contribution in [0.2, 0.25) is 0 Å². The molecule has 0 saturated carbocycles. The molecule has 0 spiro atoms. The topological polar surface area (TPSA) is 65.1 Å². The number of nitrogens with zero attached hydrogens (tertiary/aromatic N) is 1. The van der Waals surface area contributed by atoms with Crippen LogP contribution in [0.4, 0.5) is 5.69 Å². The van der Waals surface area contributed by atoms with Crippen molar-refractivity contribution in [3.63, 3.8) is 0 Å². The van der Waals surface area contributed by atoms with Crippen LogP contribution in [-0.4, -0.2) is 32.8 Å². The molecule has 1 aromatic carbocycles. The Morgan fingerprint density at radius 2 is 1.64 bits per heavy atom. The van der Waals surface area contributed by atoms with Crippen molar-refractivity contribution in [1.29, 1.82) is 0 Å². The van der Waals surface area contributed by atoms with Crippen LogP contribution in [0.3, 0.4) is 0 Å². The van der Waals surface area contributed by atoms with Gasteiger partial charge < -0.3 is 19.1 Å². The minimum absolute atomic E-state index is 0.0904. The van der Waals surface area contributed by atoms with Crippen molar-refractivity contribution in [2.75, 3.05) is 25.7 Å². The molecule has 0 radical (unpaired) electrons. The molecule has 0 fully saturated rings. The predicted molar refractivity (Wildman–Crippen MR) is 108 cm³/mol. The van der Waals surface area contributed by atoms with E-state index in [0.717, 1.165) is 18.6 Å². The van der Waals surface area contributed by atoms with Crippen LogP contribution >= 0.6 is 0 Å². The summed E-state index contributed by atoms with van der Waals surface area (Å²) in [5.41, 5.74) is 0.906. The minimum atomic E-state index is -0.632. The van der Waals surface area contributed by atoms with Gasteiger partial charge in [-0.2, -0.15) is 0 Å². The van der Waals surface area contributed by atoms with E-state index < -0.39 is 11.9 Å². The second-order valence-electron chi connectivity index (χ2n) is 6.22. The van der Waals surface area contributed by atoms with Crippen LogP contribution in [0, 0.1) is 0 Å². The first-order chi connectivity index (χ1) is 13.6. The van der Waals surface area contributed by atoms with Crippen molar-refractivity contribution < 1.29 is 23.8 Å². The average Bonchev–Trinajstić information content (AvgIpc) is 2.96. The Kier molecular flexibility index (Phi) is 8.34. The summed E-state index contributed by atoms with van der Waals surface area (Å²) in [6.07, 6.45) is 11.2. The Morgan fingerprint density at radius 3 is 2.29 bits per heavy atom. The summed E-state index contributed by atoms with van der Waals surface area (Å²) >= 11 is 0. The van der Waals surface area contributed by atoms with Crippen LogP contribution in [0.15, 0.2) is 60.0 Å². The maximum atomic E-state index is 12.4. The molecule has 0 bridgehead atoms. The molecule has 6 nitrogen and oxygen atoms in total. The van der Waals surface area contributed by atoms with E-state index in [1.54, 1.807) is 23.3 Å². The van der Waals surface area contributed by atoms with Gasteiger partial charge in [0.25, 0.3) is 0 Å². The summed E-state index contributed by atoms with van der Waals surface area (Å²) in [4.78, 5) is 26.2. The zero-order valence-corrected chi connectivity index (χ0v) is 16.6. The molecule has 2 rings (SSSR count). The Hall–Kier alpha value is -3.02. The molecular weight excluding hydrogens is 358 g/mol. The van der Waals surface area contributed by atoms with Crippen LogP contribution in [-0.2, 0) is 19.1 Å². The highest BCUT2D eigenvalue weighted by molar-refractivity contribution is 6.05. The first-order valence-corrected chi connectivity index (χ1v) is 9.40. The third kappa shape index (κ3) is 5.49. The SMILES string of the molecule is CCCCCCOc1ccc(N2C=CC=CC(C(=O)OC)=C2C(=O)OC)cc1. The normalized spacial score (nSPS) is 13.3. The van der Waals surface area contributed by atoms with Crippen LogP contribution < -0.4 is 9.64 Å². The number of hydrogen-bond acceptors (Lipinski definition) is 6. The number of allylic oxidation sites excluding steroid dienone is 2. The van der Waals surface area contributed by atoms with Crippen molar-refractivity contribution >= 4 is 17.6 Å². The summed E-state index contributed by atoms with van der Waals surface area (Å²) in [5, 5.41) is 0. The van der Waals surface area contributed by atoms with Gasteiger partial charge in [-0.1, -0.05) is 32.3 Å². The molecular formula is C22H27NO5. The summed E-state index contributed by atoms with van der Waals surface area (Å²) in [5.74, 6) is -0.487. The third-order valence-corrected chi connectivity index (χ3v) is 4.27. The van der Waals surface area contributed by atoms with Gasteiger partial charge in [0.15, 0.2) is 0 Å². The highest BCUT2D eigenvalue weighted by atomic mass is 16.5. The molecule has 0 unspecified atom stereocenters. The molecule has 150 valence electrons. The van der Waals surface area contributed by atoms with Gasteiger partial charge >= 0.3 is 11.9 Å². The summed E-state index contributed by atoms with van der Waals surface area (Å²) in [7, 11) is 2.55. The van der Waals surface area contributed by atoms with Gasteiger partial charge in [0.05, 0.1) is 26.4 Å². The fourth-order valence-corrected chi connectivity index (χ4v) is 2.79. The quantitative estimate of drug-likeness (QED) is 0.470. The molecule has 6 heteroatoms. The highest BCUT2D eigenvalue weighted by Crippen LogP contribution is 2.28. The van der Waals surface area contributed by atoms with Crippen LogP contribution in [0.25, 0.3) is 0 Å². The molecule has 0 aliphatic carbocycles. The molecule has 1 aromatic rings. The van der Waals surface area contributed by atoms with E-state index >= 15 is 0 Å². The van der Waals surface area contributed by atoms with Crippen molar-refractivity contribution in [1.82, 2.24) is 0 Å². The maximum Gasteiger partial charge on any atom is 0.355 e. The number of hydrogen-bond donors (Lipinski definition) is 0. The van der Waals surface area contributed by atoms with Crippen molar-refractivity contribution in [3.8, 4) is 5.75 Å². The third-order valence-electron chi connectivity index (χ3n) is 4.27. The zero-order chi connectivity index (χ0) is 20.4. The van der Waals surface area contributed by atoms with Gasteiger partial charge in [-0.05, 0) is 42.8 Å². The Labute approximate surface area is 166 Å². The molecule has 1 heterocycles. The number of anilines is 1. The Morgan fingerprint density at radius 1 is 0.929 bits per heavy atom. The first-order valence-electron chi connectivity index (χ1n) is 9.40. The van der Waals surface area contributed by atoms with E-state index in [0.29, 0.717) is 12.3 Å². The van der Waals surface area contributed by atoms with Crippen LogP contribution in [0.5, 0.6) is 5.75 Å². The number of esters is 2. The average molecular weight is 385 g/mol. The lowest BCUT2D eigenvalue weighted by atomic mass is 10.1. The number of ether oxygens (including phenoxy) is 3. The molecule has 1 aliphatic rings. The van der Waals surface area contributed by atoms with Gasteiger partial charge in [-0.15, -0.1) is 0 Å². The number of methoxy groups -OCH3 is 2. The summed E-state index contributed by atoms with van der Waals surface area (Å²) in [6, 6.07) is 7.34. The number of unbranched alkanes of at least 4 members (excludes halogenated alkanes) is 3. The van der Waals surface area contributed by atoms with Crippen molar-refractivity contribution in [2.45, 2.75) is 32.6 Å². The van der Waals surface area contributed by atoms with E-state index in [1.165, 1.54) is 33.1 Å². The fourth-order valence-electron chi connectivity index (χ4n) is 2.79. The molecule has 1 aliphatic heterocycles. The Bertz CT molecular complexity index is 762. The number of carbonyl (C=O) groups excluding carboxylic acids is 2. The fraction of sp³-hybridized carbons (Fsp3) is 0.364. The van der Waals surface area contributed by atoms with Crippen molar-refractivity contribution in [3.05, 3.63) is 60.0 Å². The second kappa shape index (κ2) is 11.0. The summed E-state index contributed by atoms with van der Waals surface area (Å²) < 4.78 is 15.5. The molecule has 0 amide bonds. The maximum absolute atomic E-state index is 12.4. The lowest BCUT2D eigenvalue weighted by molar-refractivity contribution is -0.139. The number of benzene rings is 1. The van der Waals surface area contributed by atoms with E-state index in [1.807, 2.05) is 24.3 Å². The molecule has 0 atom stereocenters. The predicted octanol–water partition coefficient (Wildman–Crippen LogP) is 4.14. The molecule has 28 heavy (non-hydrogen) atoms. The van der Waals surface area contributed by atoms with Crippen LogP contribution in [0.1, 0.15) is 32.6 Å². The van der Waals surface area contributed by atoms with E-state index in [9.17, 15) is 9.59 Å². The number of carbonyl (C=O) groups is 2. The monoisotopic (exact) mass is 385 g/mol. The van der Waals surface area contributed by atoms with Gasteiger partial charge in [0.2, 0.25) is 0 Å². The second-order valence-corrected chi connectivity index (χ2v) is 6.22. The van der Waals surface area contributed by atoms with Gasteiger partial charge in [0.1, 0.15) is 11.4 Å². The van der Waals surface area contributed by atoms with Gasteiger partial charge in [-0.3, -0.25) is 0 Å². The van der Waals surface area contributed by atoms with E-state index in [2.05, 4.69) is 6.92 Å². The van der Waals surface area contributed by atoms with E-state index in [-0.39, 0.29) is 11.3 Å². The van der Waals surface area contributed by atoms with E-state index in [4.69, 9.17) is 14.2 Å². The standard InChI is InChI=1S/C22H27NO5/c1-4-5-6-9-16-28-18-13-11-17(12-14-18)23-15-8-7-10-19(21(24)26-2)20(23)22(25)27-3/h7-8,10-15H,4-6,9,16H2,1-3H3. The first kappa shape index (κ1) is 21.3. The smallest absolute Gasteiger partial charge is 0.355 e. The largest absolute Gasteiger partial charge is 0.494 e. The molecule has 0 N–H and O–H groups in total. The molecule has 0 saturated heterocycles. The van der Waals surface area contributed by atoms with Gasteiger partial charge in [0, 0.05) is 11.9 Å².